The Labute approximate surface area is 102 Å². The standard InChI is InChI=1S/C14H19N3/c1-3-17-11-12(2)14(16-17)15-10-9-13-7-5-4-6-8-13/h4-8,11H,3,9-10H2,1-2H3,(H,15,16). The molecule has 1 heterocycles. The Bertz CT molecular complexity index is 460. The number of benzene rings is 1. The average Bonchev–Trinajstić information content (AvgIpc) is 2.72. The minimum Gasteiger partial charge on any atom is -0.368 e. The molecule has 0 unspecified atom stereocenters. The van der Waals surface area contributed by atoms with E-state index in [9.17, 15) is 0 Å². The van der Waals surface area contributed by atoms with Gasteiger partial charge >= 0.3 is 0 Å². The summed E-state index contributed by atoms with van der Waals surface area (Å²) in [5, 5.41) is 7.85. The quantitative estimate of drug-likeness (QED) is 0.854. The predicted octanol–water partition coefficient (Wildman–Crippen LogP) is 2.87. The molecule has 1 aromatic carbocycles. The van der Waals surface area contributed by atoms with Crippen LogP contribution in [0.2, 0.25) is 0 Å². The van der Waals surface area contributed by atoms with Crippen LogP contribution in [0.3, 0.4) is 0 Å². The Hall–Kier alpha value is -1.77. The van der Waals surface area contributed by atoms with Crippen molar-refractivity contribution < 1.29 is 0 Å². The van der Waals surface area contributed by atoms with Crippen molar-refractivity contribution in [3.63, 3.8) is 0 Å². The molecule has 2 aromatic rings. The summed E-state index contributed by atoms with van der Waals surface area (Å²) in [7, 11) is 0. The first-order valence-electron chi connectivity index (χ1n) is 6.11. The van der Waals surface area contributed by atoms with Crippen molar-refractivity contribution in [1.29, 1.82) is 0 Å². The summed E-state index contributed by atoms with van der Waals surface area (Å²) in [6.45, 7) is 6.02. The maximum atomic E-state index is 4.47. The number of aryl methyl sites for hydroxylation is 2. The van der Waals surface area contributed by atoms with Crippen LogP contribution in [-0.4, -0.2) is 16.3 Å². The van der Waals surface area contributed by atoms with Gasteiger partial charge in [0.05, 0.1) is 0 Å². The predicted molar refractivity (Wildman–Crippen MR) is 71.3 cm³/mol. The van der Waals surface area contributed by atoms with E-state index in [1.165, 1.54) is 11.1 Å². The van der Waals surface area contributed by atoms with Crippen LogP contribution in [0.1, 0.15) is 18.1 Å². The summed E-state index contributed by atoms with van der Waals surface area (Å²) in [4.78, 5) is 0. The van der Waals surface area contributed by atoms with E-state index in [1.807, 2.05) is 10.7 Å². The van der Waals surface area contributed by atoms with Gasteiger partial charge in [0.1, 0.15) is 0 Å². The van der Waals surface area contributed by atoms with Gasteiger partial charge in [0.15, 0.2) is 5.82 Å². The fourth-order valence-electron chi connectivity index (χ4n) is 1.83. The second-order valence-corrected chi connectivity index (χ2v) is 4.18. The highest BCUT2D eigenvalue weighted by Gasteiger charge is 2.02. The van der Waals surface area contributed by atoms with Gasteiger partial charge in [0, 0.05) is 24.8 Å². The molecule has 0 spiro atoms. The van der Waals surface area contributed by atoms with Gasteiger partial charge in [-0.15, -0.1) is 0 Å². The van der Waals surface area contributed by atoms with Crippen molar-refractivity contribution in [2.24, 2.45) is 0 Å². The normalized spacial score (nSPS) is 10.5. The van der Waals surface area contributed by atoms with Gasteiger partial charge in [-0.3, -0.25) is 4.68 Å². The van der Waals surface area contributed by atoms with Gasteiger partial charge < -0.3 is 5.32 Å². The number of anilines is 1. The van der Waals surface area contributed by atoms with E-state index in [2.05, 4.69) is 54.7 Å². The zero-order chi connectivity index (χ0) is 12.1. The van der Waals surface area contributed by atoms with Gasteiger partial charge in [-0.25, -0.2) is 0 Å². The average molecular weight is 229 g/mol. The van der Waals surface area contributed by atoms with Crippen molar-refractivity contribution in [2.45, 2.75) is 26.8 Å². The first-order chi connectivity index (χ1) is 8.29. The van der Waals surface area contributed by atoms with Gasteiger partial charge in [-0.05, 0) is 25.8 Å². The minimum absolute atomic E-state index is 0.918. The second-order valence-electron chi connectivity index (χ2n) is 4.18. The number of hydrogen-bond acceptors (Lipinski definition) is 2. The Kier molecular flexibility index (Phi) is 3.81. The molecule has 90 valence electrons. The van der Waals surface area contributed by atoms with Crippen LogP contribution >= 0.6 is 0 Å². The van der Waals surface area contributed by atoms with Crippen LogP contribution in [-0.2, 0) is 13.0 Å². The SMILES string of the molecule is CCn1cc(C)c(NCCc2ccccc2)n1. The van der Waals surface area contributed by atoms with Crippen molar-refractivity contribution >= 4 is 5.82 Å². The van der Waals surface area contributed by atoms with E-state index in [1.54, 1.807) is 0 Å². The molecule has 1 N–H and O–H groups in total. The van der Waals surface area contributed by atoms with E-state index in [0.29, 0.717) is 0 Å². The summed E-state index contributed by atoms with van der Waals surface area (Å²) in [5.41, 5.74) is 2.56. The molecule has 1 aromatic heterocycles. The van der Waals surface area contributed by atoms with Crippen molar-refractivity contribution in [3.05, 3.63) is 47.7 Å². The van der Waals surface area contributed by atoms with Crippen LogP contribution in [0.5, 0.6) is 0 Å². The summed E-state index contributed by atoms with van der Waals surface area (Å²) in [6.07, 6.45) is 3.10. The highest BCUT2D eigenvalue weighted by atomic mass is 15.3. The van der Waals surface area contributed by atoms with Gasteiger partial charge in [-0.1, -0.05) is 30.3 Å². The molecule has 17 heavy (non-hydrogen) atoms. The number of nitrogens with zero attached hydrogens (tertiary/aromatic N) is 2. The van der Waals surface area contributed by atoms with Crippen molar-refractivity contribution in [1.82, 2.24) is 9.78 Å². The lowest BCUT2D eigenvalue weighted by Crippen LogP contribution is -2.06. The highest BCUT2D eigenvalue weighted by molar-refractivity contribution is 5.41. The molecular formula is C14H19N3. The van der Waals surface area contributed by atoms with E-state index < -0.39 is 0 Å². The van der Waals surface area contributed by atoms with Gasteiger partial charge in [0.25, 0.3) is 0 Å². The minimum atomic E-state index is 0.918. The third kappa shape index (κ3) is 3.09. The maximum absolute atomic E-state index is 4.47. The topological polar surface area (TPSA) is 29.9 Å². The Balaban J connectivity index is 1.88. The molecule has 0 aliphatic rings. The number of hydrogen-bond donors (Lipinski definition) is 1. The van der Waals surface area contributed by atoms with Crippen LogP contribution in [0.15, 0.2) is 36.5 Å². The lowest BCUT2D eigenvalue weighted by atomic mass is 10.1. The zero-order valence-corrected chi connectivity index (χ0v) is 10.5. The largest absolute Gasteiger partial charge is 0.368 e. The van der Waals surface area contributed by atoms with Crippen LogP contribution in [0.4, 0.5) is 5.82 Å². The molecular weight excluding hydrogens is 210 g/mol. The fourth-order valence-corrected chi connectivity index (χ4v) is 1.83. The first kappa shape index (κ1) is 11.7. The molecule has 0 radical (unpaired) electrons. The molecule has 0 saturated carbocycles. The third-order valence-corrected chi connectivity index (χ3v) is 2.82. The van der Waals surface area contributed by atoms with Gasteiger partial charge in [0.2, 0.25) is 0 Å². The summed E-state index contributed by atoms with van der Waals surface area (Å²) < 4.78 is 1.96. The molecule has 0 aliphatic carbocycles. The summed E-state index contributed by atoms with van der Waals surface area (Å²) in [6, 6.07) is 10.5. The van der Waals surface area contributed by atoms with Gasteiger partial charge in [-0.2, -0.15) is 5.10 Å². The van der Waals surface area contributed by atoms with E-state index >= 15 is 0 Å². The van der Waals surface area contributed by atoms with E-state index in [4.69, 9.17) is 0 Å². The van der Waals surface area contributed by atoms with E-state index in [-0.39, 0.29) is 0 Å². The zero-order valence-electron chi connectivity index (χ0n) is 10.5. The Morgan fingerprint density at radius 2 is 2.00 bits per heavy atom. The number of rotatable bonds is 5. The highest BCUT2D eigenvalue weighted by Crippen LogP contribution is 2.11. The van der Waals surface area contributed by atoms with Crippen molar-refractivity contribution in [3.8, 4) is 0 Å². The molecule has 0 saturated heterocycles. The van der Waals surface area contributed by atoms with Crippen LogP contribution in [0.25, 0.3) is 0 Å². The lowest BCUT2D eigenvalue weighted by Gasteiger charge is -2.04. The summed E-state index contributed by atoms with van der Waals surface area (Å²) >= 11 is 0. The molecule has 0 bridgehead atoms. The molecule has 0 fully saturated rings. The summed E-state index contributed by atoms with van der Waals surface area (Å²) in [5.74, 6) is 1.00. The molecule has 0 amide bonds. The smallest absolute Gasteiger partial charge is 0.150 e. The van der Waals surface area contributed by atoms with Crippen LogP contribution < -0.4 is 5.32 Å². The van der Waals surface area contributed by atoms with Crippen LogP contribution in [0, 0.1) is 6.92 Å². The lowest BCUT2D eigenvalue weighted by molar-refractivity contribution is 0.660. The maximum Gasteiger partial charge on any atom is 0.150 e. The van der Waals surface area contributed by atoms with Crippen molar-refractivity contribution in [2.75, 3.05) is 11.9 Å². The number of nitrogens with one attached hydrogen (secondary N) is 1. The monoisotopic (exact) mass is 229 g/mol. The Morgan fingerprint density at radius 3 is 2.65 bits per heavy atom. The molecule has 3 heteroatoms. The number of aromatic nitrogens is 2. The first-order valence-corrected chi connectivity index (χ1v) is 6.11. The molecule has 3 nitrogen and oxygen atoms in total. The molecule has 2 rings (SSSR count). The fraction of sp³-hybridized carbons (Fsp3) is 0.357. The Morgan fingerprint density at radius 1 is 1.24 bits per heavy atom. The van der Waals surface area contributed by atoms with E-state index in [0.717, 1.165) is 25.3 Å². The third-order valence-electron chi connectivity index (χ3n) is 2.82. The second kappa shape index (κ2) is 5.53. The molecule has 0 atom stereocenters. The molecule has 0 aliphatic heterocycles.